The van der Waals surface area contributed by atoms with Gasteiger partial charge in [0.15, 0.2) is 0 Å². The van der Waals surface area contributed by atoms with Gasteiger partial charge >= 0.3 is 0 Å². The molecule has 3 nitrogen and oxygen atoms in total. The Hall–Kier alpha value is -1.80. The minimum atomic E-state index is -0.549. The fourth-order valence-corrected chi connectivity index (χ4v) is 2.47. The second kappa shape index (κ2) is 7.46. The van der Waals surface area contributed by atoms with Crippen molar-refractivity contribution in [2.24, 2.45) is 0 Å². The lowest BCUT2D eigenvalue weighted by molar-refractivity contribution is -0.112. The molecule has 1 amide bonds. The van der Waals surface area contributed by atoms with Crippen molar-refractivity contribution in [3.8, 4) is 6.07 Å². The molecule has 6 heteroatoms. The van der Waals surface area contributed by atoms with Gasteiger partial charge in [-0.3, -0.25) is 4.79 Å². The number of nitriles is 1. The Balaban J connectivity index is 2.26. The second-order valence-corrected chi connectivity index (χ2v) is 5.98. The third-order valence-corrected chi connectivity index (χ3v) is 4.04. The van der Waals surface area contributed by atoms with Crippen molar-refractivity contribution in [2.75, 3.05) is 5.32 Å². The van der Waals surface area contributed by atoms with Gasteiger partial charge in [-0.1, -0.05) is 57.3 Å². The van der Waals surface area contributed by atoms with Crippen LogP contribution in [-0.4, -0.2) is 5.91 Å². The van der Waals surface area contributed by atoms with Gasteiger partial charge in [0, 0.05) is 4.47 Å². The van der Waals surface area contributed by atoms with Crippen LogP contribution < -0.4 is 5.32 Å². The van der Waals surface area contributed by atoms with E-state index in [4.69, 9.17) is 23.2 Å². The Morgan fingerprint density at radius 2 is 1.95 bits per heavy atom. The first-order chi connectivity index (χ1) is 10.5. The minimum Gasteiger partial charge on any atom is -0.320 e. The highest BCUT2D eigenvalue weighted by Gasteiger charge is 2.12. The van der Waals surface area contributed by atoms with Gasteiger partial charge in [0.05, 0.1) is 15.7 Å². The molecule has 0 bridgehead atoms. The van der Waals surface area contributed by atoms with Crippen molar-refractivity contribution < 1.29 is 4.79 Å². The van der Waals surface area contributed by atoms with Crippen LogP contribution in [0.15, 0.2) is 52.5 Å². The van der Waals surface area contributed by atoms with Crippen molar-refractivity contribution in [3.05, 3.63) is 68.1 Å². The van der Waals surface area contributed by atoms with Crippen molar-refractivity contribution in [2.45, 2.75) is 0 Å². The molecule has 0 unspecified atom stereocenters. The maximum atomic E-state index is 12.2. The lowest BCUT2D eigenvalue weighted by Gasteiger charge is -2.07. The number of hydrogen-bond acceptors (Lipinski definition) is 2. The molecule has 0 radical (unpaired) electrons. The first-order valence-electron chi connectivity index (χ1n) is 6.14. The highest BCUT2D eigenvalue weighted by Crippen LogP contribution is 2.29. The minimum absolute atomic E-state index is 0.0332. The first-order valence-corrected chi connectivity index (χ1v) is 7.69. The predicted octanol–water partition coefficient (Wildman–Crippen LogP) is 5.30. The summed E-state index contributed by atoms with van der Waals surface area (Å²) in [5.74, 6) is -0.549. The van der Waals surface area contributed by atoms with E-state index in [-0.39, 0.29) is 10.6 Å². The highest BCUT2D eigenvalue weighted by molar-refractivity contribution is 9.10. The van der Waals surface area contributed by atoms with Crippen LogP contribution in [0.25, 0.3) is 6.08 Å². The number of amides is 1. The molecule has 0 saturated heterocycles. The summed E-state index contributed by atoms with van der Waals surface area (Å²) in [6.45, 7) is 0. The van der Waals surface area contributed by atoms with Gasteiger partial charge < -0.3 is 5.32 Å². The monoisotopic (exact) mass is 394 g/mol. The lowest BCUT2D eigenvalue weighted by Crippen LogP contribution is -2.13. The van der Waals surface area contributed by atoms with Gasteiger partial charge in [-0.15, -0.1) is 0 Å². The summed E-state index contributed by atoms with van der Waals surface area (Å²) in [7, 11) is 0. The van der Waals surface area contributed by atoms with Crippen molar-refractivity contribution in [1.29, 1.82) is 5.26 Å². The summed E-state index contributed by atoms with van der Waals surface area (Å²) in [5.41, 5.74) is 1.06. The highest BCUT2D eigenvalue weighted by atomic mass is 79.9. The average Bonchev–Trinajstić information content (AvgIpc) is 2.49. The molecule has 0 aliphatic rings. The van der Waals surface area contributed by atoms with Gasteiger partial charge in [0.2, 0.25) is 0 Å². The number of nitrogens with one attached hydrogen (secondary N) is 1. The molecule has 0 aliphatic heterocycles. The van der Waals surface area contributed by atoms with Crippen LogP contribution in [-0.2, 0) is 4.79 Å². The van der Waals surface area contributed by atoms with E-state index in [9.17, 15) is 10.1 Å². The number of anilines is 1. The van der Waals surface area contributed by atoms with Gasteiger partial charge in [-0.05, 0) is 35.9 Å². The van der Waals surface area contributed by atoms with E-state index in [2.05, 4.69) is 21.2 Å². The first kappa shape index (κ1) is 16.6. The van der Waals surface area contributed by atoms with Crippen LogP contribution in [0, 0.1) is 11.3 Å². The third kappa shape index (κ3) is 4.11. The molecule has 0 aliphatic carbocycles. The smallest absolute Gasteiger partial charge is 0.266 e. The van der Waals surface area contributed by atoms with Crippen LogP contribution in [0.3, 0.4) is 0 Å². The molecule has 0 spiro atoms. The number of halogens is 3. The Kier molecular flexibility index (Phi) is 5.62. The van der Waals surface area contributed by atoms with E-state index >= 15 is 0 Å². The summed E-state index contributed by atoms with van der Waals surface area (Å²) >= 11 is 15.2. The summed E-state index contributed by atoms with van der Waals surface area (Å²) in [6.07, 6.45) is 1.50. The van der Waals surface area contributed by atoms with Gasteiger partial charge in [0.1, 0.15) is 11.6 Å². The molecule has 110 valence electrons. The molecule has 1 N–H and O–H groups in total. The van der Waals surface area contributed by atoms with E-state index < -0.39 is 5.91 Å². The topological polar surface area (TPSA) is 52.9 Å². The summed E-state index contributed by atoms with van der Waals surface area (Å²) < 4.78 is 0.858. The zero-order valence-corrected chi connectivity index (χ0v) is 14.2. The summed E-state index contributed by atoms with van der Waals surface area (Å²) in [5, 5.41) is 12.3. The molecule has 0 heterocycles. The van der Waals surface area contributed by atoms with Gasteiger partial charge in [-0.25, -0.2) is 0 Å². The second-order valence-electron chi connectivity index (χ2n) is 4.28. The summed E-state index contributed by atoms with van der Waals surface area (Å²) in [6, 6.07) is 14.0. The Morgan fingerprint density at radius 1 is 1.23 bits per heavy atom. The van der Waals surface area contributed by atoms with Crippen LogP contribution in [0.1, 0.15) is 5.56 Å². The van der Waals surface area contributed by atoms with Crippen LogP contribution in [0.5, 0.6) is 0 Å². The van der Waals surface area contributed by atoms with Crippen LogP contribution in [0.4, 0.5) is 5.69 Å². The Labute approximate surface area is 146 Å². The van der Waals surface area contributed by atoms with Gasteiger partial charge in [-0.2, -0.15) is 5.26 Å². The number of carbonyl (C=O) groups excluding carboxylic acids is 1. The normalized spacial score (nSPS) is 10.9. The fraction of sp³-hybridized carbons (Fsp3) is 0. The molecular formula is C16H9BrCl2N2O. The molecule has 0 saturated carbocycles. The maximum Gasteiger partial charge on any atom is 0.266 e. The molecule has 2 rings (SSSR count). The fourth-order valence-electron chi connectivity index (χ4n) is 1.70. The largest absolute Gasteiger partial charge is 0.320 e. The number of hydrogen-bond donors (Lipinski definition) is 1. The number of carbonyl (C=O) groups is 1. The van der Waals surface area contributed by atoms with E-state index in [1.54, 1.807) is 30.3 Å². The van der Waals surface area contributed by atoms with Crippen molar-refractivity contribution in [1.82, 2.24) is 0 Å². The molecule has 0 fully saturated rings. The quantitative estimate of drug-likeness (QED) is 0.566. The van der Waals surface area contributed by atoms with E-state index in [1.807, 2.05) is 18.2 Å². The maximum absolute atomic E-state index is 12.2. The van der Waals surface area contributed by atoms with Gasteiger partial charge in [0.25, 0.3) is 5.91 Å². The van der Waals surface area contributed by atoms with Crippen molar-refractivity contribution >= 4 is 56.8 Å². The Bertz CT molecular complexity index is 797. The number of benzene rings is 2. The average molecular weight is 396 g/mol. The summed E-state index contributed by atoms with van der Waals surface area (Å²) in [4.78, 5) is 12.2. The van der Waals surface area contributed by atoms with Crippen LogP contribution in [0.2, 0.25) is 10.0 Å². The zero-order valence-electron chi connectivity index (χ0n) is 11.1. The lowest BCUT2D eigenvalue weighted by atomic mass is 10.1. The van der Waals surface area contributed by atoms with E-state index in [1.165, 1.54) is 6.08 Å². The Morgan fingerprint density at radius 3 is 2.64 bits per heavy atom. The SMILES string of the molecule is N#C/C(=C\c1cccc(Br)c1)C(=O)Nc1cccc(Cl)c1Cl. The van der Waals surface area contributed by atoms with Crippen LogP contribution >= 0.6 is 39.1 Å². The predicted molar refractivity (Wildman–Crippen MR) is 92.8 cm³/mol. The number of nitrogens with zero attached hydrogens (tertiary/aromatic N) is 1. The van der Waals surface area contributed by atoms with E-state index in [0.29, 0.717) is 10.7 Å². The third-order valence-electron chi connectivity index (χ3n) is 2.72. The number of rotatable bonds is 3. The molecule has 0 atom stereocenters. The van der Waals surface area contributed by atoms with E-state index in [0.717, 1.165) is 10.0 Å². The molecular weight excluding hydrogens is 387 g/mol. The van der Waals surface area contributed by atoms with Crippen molar-refractivity contribution in [3.63, 3.8) is 0 Å². The molecule has 0 aromatic heterocycles. The molecule has 22 heavy (non-hydrogen) atoms. The standard InChI is InChI=1S/C16H9BrCl2N2O/c17-12-4-1-3-10(8-12)7-11(9-20)16(22)21-14-6-2-5-13(18)15(14)19/h1-8H,(H,21,22)/b11-7+. The zero-order chi connectivity index (χ0) is 16.1. The molecule has 2 aromatic carbocycles. The molecule has 2 aromatic rings.